The molecule has 0 amide bonds. The summed E-state index contributed by atoms with van der Waals surface area (Å²) in [4.78, 5) is 3.27. The van der Waals surface area contributed by atoms with E-state index in [0.29, 0.717) is 6.54 Å². The van der Waals surface area contributed by atoms with Crippen LogP contribution in [-0.4, -0.2) is 53.0 Å². The molecule has 8 nitrogen and oxygen atoms in total. The second-order valence-corrected chi connectivity index (χ2v) is 7.81. The van der Waals surface area contributed by atoms with Crippen molar-refractivity contribution in [3.8, 4) is 6.07 Å². The number of nitrogens with one attached hydrogen (secondary N) is 2. The number of alkyl halides is 6. The summed E-state index contributed by atoms with van der Waals surface area (Å²) >= 11 is 0. The zero-order valence-corrected chi connectivity index (χ0v) is 13.3. The maximum absolute atomic E-state index is 11.5. The van der Waals surface area contributed by atoms with E-state index in [2.05, 4.69) is 11.0 Å². The van der Waals surface area contributed by atoms with E-state index < -0.39 is 35.2 Å². The fraction of sp³-hybridized carbons (Fsp3) is 0.625. The molecule has 1 heterocycles. The molecule has 0 saturated heterocycles. The summed E-state index contributed by atoms with van der Waals surface area (Å²) in [5.41, 5.74) is -12.3. The van der Waals surface area contributed by atoms with Gasteiger partial charge in [0.2, 0.25) is 0 Å². The minimum atomic E-state index is -6.60. The van der Waals surface area contributed by atoms with E-state index in [9.17, 15) is 43.2 Å². The topological polar surface area (TPSA) is 112 Å². The van der Waals surface area contributed by atoms with E-state index in [1.165, 1.54) is 4.90 Å². The first-order chi connectivity index (χ1) is 10.5. The molecule has 0 saturated carbocycles. The Morgan fingerprint density at radius 1 is 1.12 bits per heavy atom. The van der Waals surface area contributed by atoms with Gasteiger partial charge < -0.3 is 4.90 Å². The molecule has 1 atom stereocenters. The number of sulfonamides is 2. The zero-order chi connectivity index (χ0) is 19.4. The van der Waals surface area contributed by atoms with Crippen molar-refractivity contribution in [3.05, 3.63) is 12.4 Å². The predicted molar refractivity (Wildman–Crippen MR) is 66.3 cm³/mol. The third kappa shape index (κ3) is 6.51. The molecule has 16 heteroatoms. The number of quaternary nitrogens is 1. The van der Waals surface area contributed by atoms with Gasteiger partial charge in [-0.2, -0.15) is 31.6 Å². The van der Waals surface area contributed by atoms with Gasteiger partial charge in [-0.15, -0.1) is 0 Å². The Morgan fingerprint density at radius 2 is 1.54 bits per heavy atom. The Bertz CT molecular complexity index is 664. The van der Waals surface area contributed by atoms with Crippen LogP contribution in [0.1, 0.15) is 0 Å². The van der Waals surface area contributed by atoms with Crippen LogP contribution in [0, 0.1) is 11.3 Å². The molecule has 0 aromatic carbocycles. The van der Waals surface area contributed by atoms with Crippen LogP contribution in [0.4, 0.5) is 26.3 Å². The summed E-state index contributed by atoms with van der Waals surface area (Å²) in [6.07, 6.45) is 4.00. The lowest BCUT2D eigenvalue weighted by Crippen LogP contribution is -3.07. The highest BCUT2D eigenvalue weighted by molar-refractivity contribution is 8.05. The Kier molecular flexibility index (Phi) is 7.05. The number of hydrogen-bond acceptors (Lipinski definition) is 6. The molecule has 0 aromatic heterocycles. The van der Waals surface area contributed by atoms with Gasteiger partial charge >= 0.3 is 31.1 Å². The third-order valence-electron chi connectivity index (χ3n) is 2.15. The average molecular weight is 405 g/mol. The van der Waals surface area contributed by atoms with Crippen molar-refractivity contribution in [1.29, 1.82) is 5.26 Å². The highest BCUT2D eigenvalue weighted by Gasteiger charge is 2.55. The largest absolute Gasteiger partial charge is 0.512 e. The van der Waals surface area contributed by atoms with E-state index >= 15 is 0 Å². The second-order valence-electron chi connectivity index (χ2n) is 4.21. The standard InChI is InChI=1S/C6H9N3.C2HF6NO4S2/c1-8-4-5-9(6-8)3-2-7;3-1(4,5)14(10,11)9-15(12,13)2(6,7)8/h4-5H,3,6H2,1H3;9H/p+1. The van der Waals surface area contributed by atoms with Crippen molar-refractivity contribution in [3.63, 3.8) is 0 Å². The van der Waals surface area contributed by atoms with Crippen molar-refractivity contribution in [1.82, 2.24) is 9.03 Å². The van der Waals surface area contributed by atoms with Crippen LogP contribution in [0.2, 0.25) is 0 Å². The Hall–Kier alpha value is -1.57. The van der Waals surface area contributed by atoms with Crippen molar-refractivity contribution < 1.29 is 48.1 Å². The first-order valence-corrected chi connectivity index (χ1v) is 8.51. The van der Waals surface area contributed by atoms with Gasteiger partial charge in [0.25, 0.3) is 0 Å². The fourth-order valence-corrected chi connectivity index (χ4v) is 3.03. The van der Waals surface area contributed by atoms with Gasteiger partial charge in [0, 0.05) is 7.05 Å². The average Bonchev–Trinajstić information content (AvgIpc) is 2.72. The van der Waals surface area contributed by atoms with E-state index in [4.69, 9.17) is 5.26 Å². The lowest BCUT2D eigenvalue weighted by molar-refractivity contribution is -0.840. The molecule has 0 radical (unpaired) electrons. The lowest BCUT2D eigenvalue weighted by Gasteiger charge is -2.11. The first kappa shape index (κ1) is 22.4. The predicted octanol–water partition coefficient (Wildman–Crippen LogP) is -0.956. The van der Waals surface area contributed by atoms with Crippen molar-refractivity contribution in [2.75, 3.05) is 20.3 Å². The van der Waals surface area contributed by atoms with Gasteiger partial charge in [-0.1, -0.05) is 4.13 Å². The zero-order valence-electron chi connectivity index (χ0n) is 11.7. The minimum absolute atomic E-state index is 0.493. The molecule has 1 aliphatic heterocycles. The van der Waals surface area contributed by atoms with Crippen LogP contribution in [0.25, 0.3) is 0 Å². The van der Waals surface area contributed by atoms with E-state index in [-0.39, 0.29) is 0 Å². The van der Waals surface area contributed by atoms with Gasteiger partial charge in [-0.25, -0.2) is 16.8 Å². The van der Waals surface area contributed by atoms with Gasteiger partial charge in [0.05, 0.1) is 6.20 Å². The van der Waals surface area contributed by atoms with Gasteiger partial charge in [0.1, 0.15) is 12.3 Å². The van der Waals surface area contributed by atoms with E-state index in [1.807, 2.05) is 19.4 Å². The molecule has 0 bridgehead atoms. The first-order valence-electron chi connectivity index (χ1n) is 5.54. The third-order valence-corrected chi connectivity index (χ3v) is 5.13. The molecule has 0 fully saturated rings. The summed E-state index contributed by atoms with van der Waals surface area (Å²) in [6, 6.07) is 2.12. The number of rotatable bonds is 3. The monoisotopic (exact) mass is 405 g/mol. The molecule has 0 aliphatic carbocycles. The smallest absolute Gasteiger partial charge is 0.329 e. The number of halogens is 6. The maximum Gasteiger partial charge on any atom is 0.512 e. The summed E-state index contributed by atoms with van der Waals surface area (Å²) < 4.78 is 108. The van der Waals surface area contributed by atoms with Gasteiger partial charge in [-0.05, 0) is 0 Å². The molecule has 2 N–H and O–H groups in total. The number of hydrogen-bond donors (Lipinski definition) is 2. The summed E-state index contributed by atoms with van der Waals surface area (Å²) in [6.45, 7) is 1.49. The minimum Gasteiger partial charge on any atom is -0.329 e. The molecule has 0 spiro atoms. The molecular formula is C8H11F6N4O4S2+. The molecule has 0 aromatic rings. The SMILES string of the molecule is CN1C=C[NH+](CC#N)C1.O=S(=O)(NS(=O)(=O)C(F)(F)F)C(F)(F)F. The van der Waals surface area contributed by atoms with Gasteiger partial charge in [-0.3, -0.25) is 4.90 Å². The number of nitrogens with zero attached hydrogens (tertiary/aromatic N) is 2. The van der Waals surface area contributed by atoms with Crippen molar-refractivity contribution in [2.45, 2.75) is 11.0 Å². The van der Waals surface area contributed by atoms with Crippen molar-refractivity contribution >= 4 is 20.0 Å². The summed E-state index contributed by atoms with van der Waals surface area (Å²) in [5.74, 6) is 0. The molecule has 140 valence electrons. The highest BCUT2D eigenvalue weighted by Crippen LogP contribution is 2.27. The Balaban J connectivity index is 0.000000496. The normalized spacial score (nSPS) is 18.8. The maximum atomic E-state index is 11.5. The lowest BCUT2D eigenvalue weighted by atomic mass is 10.6. The molecular weight excluding hydrogens is 394 g/mol. The van der Waals surface area contributed by atoms with E-state index in [1.54, 1.807) is 0 Å². The highest BCUT2D eigenvalue weighted by atomic mass is 32.3. The van der Waals surface area contributed by atoms with Crippen LogP contribution in [0.15, 0.2) is 12.4 Å². The Labute approximate surface area is 133 Å². The Morgan fingerprint density at radius 3 is 1.79 bits per heavy atom. The van der Waals surface area contributed by atoms with Crippen LogP contribution < -0.4 is 9.03 Å². The van der Waals surface area contributed by atoms with Crippen LogP contribution in [0.5, 0.6) is 0 Å². The van der Waals surface area contributed by atoms with Crippen LogP contribution in [0.3, 0.4) is 0 Å². The summed E-state index contributed by atoms with van der Waals surface area (Å²) in [7, 11) is -11.2. The summed E-state index contributed by atoms with van der Waals surface area (Å²) in [5, 5.41) is 8.29. The molecule has 24 heavy (non-hydrogen) atoms. The second kappa shape index (κ2) is 7.55. The fourth-order valence-electron chi connectivity index (χ4n) is 1.11. The quantitative estimate of drug-likeness (QED) is 0.462. The van der Waals surface area contributed by atoms with Crippen LogP contribution >= 0.6 is 0 Å². The molecule has 1 rings (SSSR count). The van der Waals surface area contributed by atoms with E-state index in [0.717, 1.165) is 6.67 Å². The van der Waals surface area contributed by atoms with Crippen molar-refractivity contribution in [2.24, 2.45) is 0 Å². The van der Waals surface area contributed by atoms with Crippen LogP contribution in [-0.2, 0) is 20.0 Å². The number of nitriles is 1. The van der Waals surface area contributed by atoms with Gasteiger partial charge in [0.15, 0.2) is 13.2 Å². The molecule has 1 aliphatic rings. The molecule has 1 unspecified atom stereocenters.